The molecule has 0 saturated carbocycles. The summed E-state index contributed by atoms with van der Waals surface area (Å²) >= 11 is 6.24. The normalized spacial score (nSPS) is 16.1. The number of rotatable bonds is 3. The molecule has 1 aromatic carbocycles. The van der Waals surface area contributed by atoms with Gasteiger partial charge >= 0.3 is 0 Å². The van der Waals surface area contributed by atoms with Gasteiger partial charge in [0.25, 0.3) is 0 Å². The zero-order valence-corrected chi connectivity index (χ0v) is 11.6. The SMILES string of the molecule is CC(C)C(=O)c1ccc(Cl)c(N2CCNCC2)c1. The number of carbonyl (C=O) groups excluding carboxylic acids is 1. The monoisotopic (exact) mass is 266 g/mol. The molecule has 0 spiro atoms. The van der Waals surface area contributed by atoms with E-state index in [-0.39, 0.29) is 11.7 Å². The van der Waals surface area contributed by atoms with Crippen molar-refractivity contribution in [2.45, 2.75) is 13.8 Å². The molecule has 1 aliphatic heterocycles. The second kappa shape index (κ2) is 5.72. The fourth-order valence-electron chi connectivity index (χ4n) is 2.15. The lowest BCUT2D eigenvalue weighted by molar-refractivity contribution is 0.0939. The van der Waals surface area contributed by atoms with Crippen molar-refractivity contribution >= 4 is 23.1 Å². The lowest BCUT2D eigenvalue weighted by Gasteiger charge is -2.30. The van der Waals surface area contributed by atoms with E-state index in [4.69, 9.17) is 11.6 Å². The van der Waals surface area contributed by atoms with Crippen LogP contribution in [0.5, 0.6) is 0 Å². The number of Topliss-reactive ketones (excluding diaryl/α,β-unsaturated/α-hetero) is 1. The van der Waals surface area contributed by atoms with Gasteiger partial charge in [0, 0.05) is 37.7 Å². The maximum atomic E-state index is 12.0. The summed E-state index contributed by atoms with van der Waals surface area (Å²) in [7, 11) is 0. The number of hydrogen-bond donors (Lipinski definition) is 1. The number of carbonyl (C=O) groups is 1. The van der Waals surface area contributed by atoms with Crippen LogP contribution in [0.25, 0.3) is 0 Å². The van der Waals surface area contributed by atoms with E-state index in [1.807, 2.05) is 32.0 Å². The van der Waals surface area contributed by atoms with E-state index in [1.165, 1.54) is 0 Å². The van der Waals surface area contributed by atoms with Crippen molar-refractivity contribution in [3.63, 3.8) is 0 Å². The molecule has 0 radical (unpaired) electrons. The molecule has 1 heterocycles. The number of halogens is 1. The zero-order chi connectivity index (χ0) is 13.1. The predicted molar refractivity (Wildman–Crippen MR) is 75.7 cm³/mol. The van der Waals surface area contributed by atoms with Crippen LogP contribution in [0, 0.1) is 5.92 Å². The van der Waals surface area contributed by atoms with E-state index in [0.29, 0.717) is 0 Å². The molecule has 0 atom stereocenters. The van der Waals surface area contributed by atoms with E-state index in [2.05, 4.69) is 10.2 Å². The number of nitrogens with zero attached hydrogens (tertiary/aromatic N) is 1. The number of anilines is 1. The van der Waals surface area contributed by atoms with Crippen molar-refractivity contribution in [2.24, 2.45) is 5.92 Å². The van der Waals surface area contributed by atoms with Crippen molar-refractivity contribution in [3.05, 3.63) is 28.8 Å². The highest BCUT2D eigenvalue weighted by Gasteiger charge is 2.17. The van der Waals surface area contributed by atoms with Gasteiger partial charge in [-0.1, -0.05) is 25.4 Å². The Morgan fingerprint density at radius 3 is 2.61 bits per heavy atom. The highest BCUT2D eigenvalue weighted by molar-refractivity contribution is 6.33. The number of ketones is 1. The van der Waals surface area contributed by atoms with Crippen LogP contribution in [-0.2, 0) is 0 Å². The molecule has 1 aliphatic rings. The van der Waals surface area contributed by atoms with Gasteiger partial charge < -0.3 is 10.2 Å². The van der Waals surface area contributed by atoms with Crippen LogP contribution in [0.4, 0.5) is 5.69 Å². The first-order valence-electron chi connectivity index (χ1n) is 6.39. The highest BCUT2D eigenvalue weighted by atomic mass is 35.5. The molecule has 0 unspecified atom stereocenters. The summed E-state index contributed by atoms with van der Waals surface area (Å²) in [5, 5.41) is 4.03. The minimum atomic E-state index is 0.0158. The molecule has 0 aliphatic carbocycles. The van der Waals surface area contributed by atoms with Crippen LogP contribution in [0.2, 0.25) is 5.02 Å². The van der Waals surface area contributed by atoms with Gasteiger partial charge in [0.05, 0.1) is 10.7 Å². The largest absolute Gasteiger partial charge is 0.368 e. The van der Waals surface area contributed by atoms with Crippen molar-refractivity contribution < 1.29 is 4.79 Å². The minimum Gasteiger partial charge on any atom is -0.368 e. The summed E-state index contributed by atoms with van der Waals surface area (Å²) in [5.41, 5.74) is 1.73. The third-order valence-electron chi connectivity index (χ3n) is 3.21. The molecule has 0 bridgehead atoms. The van der Waals surface area contributed by atoms with Gasteiger partial charge in [-0.3, -0.25) is 4.79 Å². The maximum absolute atomic E-state index is 12.0. The Kier molecular flexibility index (Phi) is 4.25. The van der Waals surface area contributed by atoms with Crippen molar-refractivity contribution in [3.8, 4) is 0 Å². The Hall–Kier alpha value is -1.06. The van der Waals surface area contributed by atoms with Gasteiger partial charge in [0.2, 0.25) is 0 Å². The molecule has 1 fully saturated rings. The Morgan fingerprint density at radius 2 is 2.00 bits per heavy atom. The van der Waals surface area contributed by atoms with E-state index < -0.39 is 0 Å². The summed E-state index contributed by atoms with van der Waals surface area (Å²) in [6, 6.07) is 5.57. The van der Waals surface area contributed by atoms with Gasteiger partial charge in [-0.25, -0.2) is 0 Å². The summed E-state index contributed by atoms with van der Waals surface area (Å²) in [6.45, 7) is 7.61. The van der Waals surface area contributed by atoms with Crippen molar-refractivity contribution in [1.82, 2.24) is 5.32 Å². The molecule has 1 aromatic rings. The van der Waals surface area contributed by atoms with Gasteiger partial charge in [0.1, 0.15) is 0 Å². The van der Waals surface area contributed by atoms with E-state index in [0.717, 1.165) is 42.5 Å². The topological polar surface area (TPSA) is 32.3 Å². The van der Waals surface area contributed by atoms with Gasteiger partial charge in [0.15, 0.2) is 5.78 Å². The molecule has 4 heteroatoms. The Balaban J connectivity index is 2.28. The Labute approximate surface area is 113 Å². The molecular formula is C14H19ClN2O. The van der Waals surface area contributed by atoms with Crippen LogP contribution >= 0.6 is 11.6 Å². The fraction of sp³-hybridized carbons (Fsp3) is 0.500. The molecule has 1 saturated heterocycles. The van der Waals surface area contributed by atoms with Crippen LogP contribution in [0.1, 0.15) is 24.2 Å². The summed E-state index contributed by atoms with van der Waals surface area (Å²) in [5.74, 6) is 0.185. The summed E-state index contributed by atoms with van der Waals surface area (Å²) < 4.78 is 0. The smallest absolute Gasteiger partial charge is 0.165 e. The average molecular weight is 267 g/mol. The number of benzene rings is 1. The van der Waals surface area contributed by atoms with Crippen LogP contribution in [-0.4, -0.2) is 32.0 Å². The van der Waals surface area contributed by atoms with Crippen LogP contribution < -0.4 is 10.2 Å². The fourth-order valence-corrected chi connectivity index (χ4v) is 2.38. The average Bonchev–Trinajstić information content (AvgIpc) is 2.39. The zero-order valence-electron chi connectivity index (χ0n) is 10.9. The lowest BCUT2D eigenvalue weighted by atomic mass is 10.0. The molecule has 0 aromatic heterocycles. The third-order valence-corrected chi connectivity index (χ3v) is 3.53. The highest BCUT2D eigenvalue weighted by Crippen LogP contribution is 2.28. The molecule has 3 nitrogen and oxygen atoms in total. The molecule has 2 rings (SSSR count). The lowest BCUT2D eigenvalue weighted by Crippen LogP contribution is -2.43. The number of piperazine rings is 1. The first-order valence-corrected chi connectivity index (χ1v) is 6.77. The number of hydrogen-bond acceptors (Lipinski definition) is 3. The first-order chi connectivity index (χ1) is 8.59. The quantitative estimate of drug-likeness (QED) is 0.854. The van der Waals surface area contributed by atoms with Gasteiger partial charge in [-0.2, -0.15) is 0 Å². The molecule has 0 amide bonds. The molecule has 98 valence electrons. The molecular weight excluding hydrogens is 248 g/mol. The van der Waals surface area contributed by atoms with Crippen molar-refractivity contribution in [1.29, 1.82) is 0 Å². The van der Waals surface area contributed by atoms with Gasteiger partial charge in [-0.15, -0.1) is 0 Å². The molecule has 1 N–H and O–H groups in total. The summed E-state index contributed by atoms with van der Waals surface area (Å²) in [6.07, 6.45) is 0. The van der Waals surface area contributed by atoms with Crippen LogP contribution in [0.15, 0.2) is 18.2 Å². The van der Waals surface area contributed by atoms with Gasteiger partial charge in [-0.05, 0) is 18.2 Å². The van der Waals surface area contributed by atoms with Crippen LogP contribution in [0.3, 0.4) is 0 Å². The van der Waals surface area contributed by atoms with E-state index in [1.54, 1.807) is 0 Å². The van der Waals surface area contributed by atoms with E-state index in [9.17, 15) is 4.79 Å². The standard InChI is InChI=1S/C14H19ClN2O/c1-10(2)14(18)11-3-4-12(15)13(9-11)17-7-5-16-6-8-17/h3-4,9-10,16H,5-8H2,1-2H3. The van der Waals surface area contributed by atoms with E-state index >= 15 is 0 Å². The summed E-state index contributed by atoms with van der Waals surface area (Å²) in [4.78, 5) is 14.2. The van der Waals surface area contributed by atoms with Crippen molar-refractivity contribution in [2.75, 3.05) is 31.1 Å². The first kappa shape index (κ1) is 13.4. The molecule has 18 heavy (non-hydrogen) atoms. The predicted octanol–water partition coefficient (Wildman–Crippen LogP) is 2.59. The second-order valence-electron chi connectivity index (χ2n) is 4.92. The Bertz CT molecular complexity index is 439. The number of nitrogens with one attached hydrogen (secondary N) is 1. The minimum absolute atomic E-state index is 0.0158. The Morgan fingerprint density at radius 1 is 1.33 bits per heavy atom. The third kappa shape index (κ3) is 2.85. The second-order valence-corrected chi connectivity index (χ2v) is 5.33. The maximum Gasteiger partial charge on any atom is 0.165 e.